The van der Waals surface area contributed by atoms with Crippen LogP contribution in [0.4, 0.5) is 0 Å². The summed E-state index contributed by atoms with van der Waals surface area (Å²) in [4.78, 5) is 37.8. The lowest BCUT2D eigenvalue weighted by molar-refractivity contribution is -0.142. The Hall–Kier alpha value is -2.77. The first-order chi connectivity index (χ1) is 12.9. The zero-order valence-corrected chi connectivity index (χ0v) is 15.9. The lowest BCUT2D eigenvalue weighted by Gasteiger charge is -2.32. The number of rotatable bonds is 7. The number of amides is 2. The van der Waals surface area contributed by atoms with Gasteiger partial charge in [-0.2, -0.15) is 0 Å². The molecule has 1 atom stereocenters. The Bertz CT molecular complexity index is 675. The minimum atomic E-state index is -1.04. The van der Waals surface area contributed by atoms with Crippen molar-refractivity contribution < 1.29 is 29.0 Å². The van der Waals surface area contributed by atoms with Gasteiger partial charge in [0.1, 0.15) is 17.5 Å². The van der Waals surface area contributed by atoms with E-state index in [0.717, 1.165) is 0 Å². The Morgan fingerprint density at radius 2 is 1.70 bits per heavy atom. The predicted octanol–water partition coefficient (Wildman–Crippen LogP) is 1.54. The minimum Gasteiger partial charge on any atom is -0.497 e. The predicted molar refractivity (Wildman–Crippen MR) is 98.0 cm³/mol. The number of ether oxygens (including phenoxy) is 2. The Labute approximate surface area is 158 Å². The van der Waals surface area contributed by atoms with Gasteiger partial charge in [0.15, 0.2) is 0 Å². The number of aliphatic carboxylic acids is 1. The van der Waals surface area contributed by atoms with E-state index in [0.29, 0.717) is 49.4 Å². The summed E-state index contributed by atoms with van der Waals surface area (Å²) in [5.74, 6) is -0.673. The van der Waals surface area contributed by atoms with Crippen LogP contribution in [0.25, 0.3) is 0 Å². The number of nitrogens with zero attached hydrogens (tertiary/aromatic N) is 1. The van der Waals surface area contributed by atoms with Gasteiger partial charge in [0, 0.05) is 30.6 Å². The van der Waals surface area contributed by atoms with Crippen LogP contribution in [0.2, 0.25) is 0 Å². The van der Waals surface area contributed by atoms with E-state index in [1.54, 1.807) is 30.0 Å². The van der Waals surface area contributed by atoms with E-state index in [9.17, 15) is 14.4 Å². The first-order valence-corrected chi connectivity index (χ1v) is 8.95. The van der Waals surface area contributed by atoms with Gasteiger partial charge in [-0.05, 0) is 31.4 Å². The number of methoxy groups -OCH3 is 2. The highest BCUT2D eigenvalue weighted by molar-refractivity contribution is 5.95. The summed E-state index contributed by atoms with van der Waals surface area (Å²) in [7, 11) is 3.04. The molecule has 2 amide bonds. The molecule has 2 rings (SSSR count). The molecule has 0 saturated carbocycles. The van der Waals surface area contributed by atoms with Crippen molar-refractivity contribution in [1.29, 1.82) is 0 Å². The first kappa shape index (κ1) is 20.5. The molecule has 1 aromatic rings. The van der Waals surface area contributed by atoms with Crippen molar-refractivity contribution in [3.8, 4) is 11.5 Å². The Kier molecular flexibility index (Phi) is 7.04. The molecule has 8 heteroatoms. The average Bonchev–Trinajstić information content (AvgIpc) is 2.70. The van der Waals surface area contributed by atoms with Gasteiger partial charge in [0.05, 0.1) is 14.2 Å². The van der Waals surface area contributed by atoms with E-state index in [-0.39, 0.29) is 17.7 Å². The number of nitrogens with one attached hydrogen (secondary N) is 1. The molecule has 148 valence electrons. The summed E-state index contributed by atoms with van der Waals surface area (Å²) in [6.45, 7) is 2.57. The van der Waals surface area contributed by atoms with Crippen molar-refractivity contribution in [3.63, 3.8) is 0 Å². The number of piperidine rings is 1. The molecule has 0 bridgehead atoms. The fourth-order valence-electron chi connectivity index (χ4n) is 3.09. The number of benzene rings is 1. The molecule has 27 heavy (non-hydrogen) atoms. The fourth-order valence-corrected chi connectivity index (χ4v) is 3.09. The molecule has 2 N–H and O–H groups in total. The number of carboxylic acid groups (broad SMARTS) is 1. The van der Waals surface area contributed by atoms with E-state index in [4.69, 9.17) is 14.6 Å². The third-order valence-corrected chi connectivity index (χ3v) is 4.77. The molecule has 0 radical (unpaired) electrons. The van der Waals surface area contributed by atoms with Crippen LogP contribution in [0.5, 0.6) is 11.5 Å². The summed E-state index contributed by atoms with van der Waals surface area (Å²) in [6, 6.07) is 4.13. The zero-order valence-electron chi connectivity index (χ0n) is 15.9. The maximum Gasteiger partial charge on any atom is 0.326 e. The highest BCUT2D eigenvalue weighted by atomic mass is 16.5. The lowest BCUT2D eigenvalue weighted by atomic mass is 9.95. The van der Waals surface area contributed by atoms with E-state index in [1.165, 1.54) is 14.2 Å². The van der Waals surface area contributed by atoms with Crippen molar-refractivity contribution in [2.24, 2.45) is 5.92 Å². The van der Waals surface area contributed by atoms with Crippen molar-refractivity contribution in [1.82, 2.24) is 10.2 Å². The van der Waals surface area contributed by atoms with Crippen molar-refractivity contribution in [3.05, 3.63) is 23.8 Å². The number of likely N-dealkylation sites (tertiary alicyclic amines) is 1. The van der Waals surface area contributed by atoms with Crippen LogP contribution in [-0.2, 0) is 9.59 Å². The van der Waals surface area contributed by atoms with E-state index in [2.05, 4.69) is 5.32 Å². The molecule has 1 unspecified atom stereocenters. The van der Waals surface area contributed by atoms with Crippen molar-refractivity contribution in [2.75, 3.05) is 27.3 Å². The van der Waals surface area contributed by atoms with Crippen LogP contribution < -0.4 is 14.8 Å². The van der Waals surface area contributed by atoms with Crippen LogP contribution in [-0.4, -0.2) is 61.1 Å². The summed E-state index contributed by atoms with van der Waals surface area (Å²) in [5, 5.41) is 11.6. The summed E-state index contributed by atoms with van der Waals surface area (Å²) < 4.78 is 10.4. The van der Waals surface area contributed by atoms with Crippen LogP contribution in [0.1, 0.15) is 36.5 Å². The van der Waals surface area contributed by atoms with Gasteiger partial charge in [0.2, 0.25) is 5.91 Å². The number of carboxylic acids is 1. The molecular formula is C19H26N2O6. The second kappa shape index (κ2) is 9.25. The van der Waals surface area contributed by atoms with Gasteiger partial charge in [-0.3, -0.25) is 9.59 Å². The standard InChI is InChI=1S/C19H26N2O6/c1-4-16(19(24)25)20-17(22)12-5-7-21(8-6-12)18(23)13-9-14(26-2)11-15(10-13)27-3/h9-12,16H,4-8H2,1-3H3,(H,20,22)(H,24,25). The van der Waals surface area contributed by atoms with Gasteiger partial charge in [0.25, 0.3) is 5.91 Å². The van der Waals surface area contributed by atoms with E-state index < -0.39 is 12.0 Å². The number of hydrogen-bond donors (Lipinski definition) is 2. The van der Waals surface area contributed by atoms with Gasteiger partial charge < -0.3 is 24.8 Å². The fraction of sp³-hybridized carbons (Fsp3) is 0.526. The van der Waals surface area contributed by atoms with Crippen LogP contribution in [0.15, 0.2) is 18.2 Å². The molecule has 1 fully saturated rings. The molecule has 1 aromatic carbocycles. The monoisotopic (exact) mass is 378 g/mol. The maximum absolute atomic E-state index is 12.8. The second-order valence-electron chi connectivity index (χ2n) is 6.48. The third kappa shape index (κ3) is 5.12. The molecule has 1 heterocycles. The van der Waals surface area contributed by atoms with Gasteiger partial charge in [-0.15, -0.1) is 0 Å². The minimum absolute atomic E-state index is 0.150. The second-order valence-corrected chi connectivity index (χ2v) is 6.48. The Morgan fingerprint density at radius 3 is 2.15 bits per heavy atom. The van der Waals surface area contributed by atoms with Crippen LogP contribution in [0.3, 0.4) is 0 Å². The molecule has 1 aliphatic rings. The third-order valence-electron chi connectivity index (χ3n) is 4.77. The highest BCUT2D eigenvalue weighted by Gasteiger charge is 2.30. The quantitative estimate of drug-likeness (QED) is 0.746. The Morgan fingerprint density at radius 1 is 1.15 bits per heavy atom. The van der Waals surface area contributed by atoms with Gasteiger partial charge in [-0.25, -0.2) is 4.79 Å². The molecular weight excluding hydrogens is 352 g/mol. The lowest BCUT2D eigenvalue weighted by Crippen LogP contribution is -2.47. The van der Waals surface area contributed by atoms with Crippen LogP contribution >= 0.6 is 0 Å². The maximum atomic E-state index is 12.8. The SMILES string of the molecule is CCC(NC(=O)C1CCN(C(=O)c2cc(OC)cc(OC)c2)CC1)C(=O)O. The molecule has 1 aliphatic heterocycles. The first-order valence-electron chi connectivity index (χ1n) is 8.95. The van der Waals surface area contributed by atoms with Crippen LogP contribution in [0, 0.1) is 5.92 Å². The molecule has 1 saturated heterocycles. The topological polar surface area (TPSA) is 105 Å². The summed E-state index contributed by atoms with van der Waals surface area (Å²) in [5.41, 5.74) is 0.464. The Balaban J connectivity index is 1.98. The number of hydrogen-bond acceptors (Lipinski definition) is 5. The largest absolute Gasteiger partial charge is 0.497 e. The normalized spacial score (nSPS) is 15.7. The molecule has 0 aliphatic carbocycles. The van der Waals surface area contributed by atoms with Gasteiger partial charge >= 0.3 is 5.97 Å². The number of carbonyl (C=O) groups excluding carboxylic acids is 2. The summed E-state index contributed by atoms with van der Waals surface area (Å²) >= 11 is 0. The van der Waals surface area contributed by atoms with Crippen molar-refractivity contribution >= 4 is 17.8 Å². The average molecular weight is 378 g/mol. The van der Waals surface area contributed by atoms with Crippen molar-refractivity contribution in [2.45, 2.75) is 32.2 Å². The van der Waals surface area contributed by atoms with E-state index in [1.807, 2.05) is 0 Å². The summed E-state index contributed by atoms with van der Waals surface area (Å²) in [6.07, 6.45) is 1.32. The molecule has 0 spiro atoms. The highest BCUT2D eigenvalue weighted by Crippen LogP contribution is 2.25. The zero-order chi connectivity index (χ0) is 20.0. The molecule has 0 aromatic heterocycles. The molecule has 8 nitrogen and oxygen atoms in total. The van der Waals surface area contributed by atoms with Gasteiger partial charge in [-0.1, -0.05) is 6.92 Å². The smallest absolute Gasteiger partial charge is 0.326 e. The number of carbonyl (C=O) groups is 3. The van der Waals surface area contributed by atoms with E-state index >= 15 is 0 Å².